The standard InChI is InChI=1S/C20H23NO5/c1-24-19(22)13-21-18(20(23)25-2)12-15-8-10-17(11-9-15)26-14-16-6-4-3-5-7-16/h3-11,18,21H,12-14H2,1-2H3/t18-/m0/s1. The number of nitrogens with one attached hydrogen (secondary N) is 1. The fraction of sp³-hybridized carbons (Fsp3) is 0.300. The third kappa shape index (κ3) is 6.22. The zero-order chi connectivity index (χ0) is 18.8. The van der Waals surface area contributed by atoms with E-state index in [1.54, 1.807) is 0 Å². The van der Waals surface area contributed by atoms with Gasteiger partial charge in [-0.1, -0.05) is 42.5 Å². The highest BCUT2D eigenvalue weighted by atomic mass is 16.5. The van der Waals surface area contributed by atoms with Crippen molar-refractivity contribution in [1.29, 1.82) is 0 Å². The number of esters is 2. The second-order valence-corrected chi connectivity index (χ2v) is 5.66. The van der Waals surface area contributed by atoms with E-state index >= 15 is 0 Å². The first-order valence-corrected chi connectivity index (χ1v) is 8.26. The molecule has 0 amide bonds. The average molecular weight is 357 g/mol. The number of benzene rings is 2. The van der Waals surface area contributed by atoms with Crippen molar-refractivity contribution in [3.8, 4) is 5.75 Å². The van der Waals surface area contributed by atoms with Crippen molar-refractivity contribution in [2.75, 3.05) is 20.8 Å². The van der Waals surface area contributed by atoms with Gasteiger partial charge in [-0.2, -0.15) is 0 Å². The molecule has 6 nitrogen and oxygen atoms in total. The molecule has 2 rings (SSSR count). The van der Waals surface area contributed by atoms with Gasteiger partial charge in [-0.15, -0.1) is 0 Å². The van der Waals surface area contributed by atoms with Crippen molar-refractivity contribution in [1.82, 2.24) is 5.32 Å². The topological polar surface area (TPSA) is 73.9 Å². The molecule has 0 aliphatic rings. The molecule has 26 heavy (non-hydrogen) atoms. The monoisotopic (exact) mass is 357 g/mol. The van der Waals surface area contributed by atoms with Crippen LogP contribution >= 0.6 is 0 Å². The summed E-state index contributed by atoms with van der Waals surface area (Å²) in [5, 5.41) is 2.85. The van der Waals surface area contributed by atoms with E-state index in [9.17, 15) is 9.59 Å². The summed E-state index contributed by atoms with van der Waals surface area (Å²) < 4.78 is 15.1. The Balaban J connectivity index is 1.92. The Hall–Kier alpha value is -2.86. The molecule has 1 atom stereocenters. The van der Waals surface area contributed by atoms with Crippen LogP contribution in [0.5, 0.6) is 5.75 Å². The molecule has 0 saturated carbocycles. The largest absolute Gasteiger partial charge is 0.489 e. The summed E-state index contributed by atoms with van der Waals surface area (Å²) in [5.74, 6) is -0.128. The van der Waals surface area contributed by atoms with Gasteiger partial charge in [0.15, 0.2) is 0 Å². The molecule has 0 aliphatic heterocycles. The van der Waals surface area contributed by atoms with Gasteiger partial charge in [0.1, 0.15) is 18.4 Å². The van der Waals surface area contributed by atoms with Gasteiger partial charge in [0.2, 0.25) is 0 Å². The lowest BCUT2D eigenvalue weighted by Gasteiger charge is -2.16. The highest BCUT2D eigenvalue weighted by molar-refractivity contribution is 5.78. The number of rotatable bonds is 9. The van der Waals surface area contributed by atoms with E-state index in [0.29, 0.717) is 13.0 Å². The van der Waals surface area contributed by atoms with Crippen LogP contribution in [0.2, 0.25) is 0 Å². The van der Waals surface area contributed by atoms with E-state index in [4.69, 9.17) is 9.47 Å². The van der Waals surface area contributed by atoms with Gasteiger partial charge in [0, 0.05) is 0 Å². The lowest BCUT2D eigenvalue weighted by Crippen LogP contribution is -2.42. The highest BCUT2D eigenvalue weighted by Crippen LogP contribution is 2.15. The minimum absolute atomic E-state index is 0.0610. The van der Waals surface area contributed by atoms with Crippen LogP contribution in [-0.2, 0) is 32.1 Å². The smallest absolute Gasteiger partial charge is 0.323 e. The molecule has 2 aromatic rings. The van der Waals surface area contributed by atoms with Crippen LogP contribution in [0.15, 0.2) is 54.6 Å². The minimum Gasteiger partial charge on any atom is -0.489 e. The van der Waals surface area contributed by atoms with E-state index in [1.165, 1.54) is 14.2 Å². The van der Waals surface area contributed by atoms with Crippen LogP contribution in [0.1, 0.15) is 11.1 Å². The molecule has 0 radical (unpaired) electrons. The van der Waals surface area contributed by atoms with Gasteiger partial charge in [-0.25, -0.2) is 0 Å². The van der Waals surface area contributed by atoms with Crippen LogP contribution in [0.25, 0.3) is 0 Å². The summed E-state index contributed by atoms with van der Waals surface area (Å²) in [6, 6.07) is 16.8. The van der Waals surface area contributed by atoms with E-state index in [2.05, 4.69) is 10.1 Å². The van der Waals surface area contributed by atoms with Gasteiger partial charge in [0.25, 0.3) is 0 Å². The Morgan fingerprint density at radius 2 is 1.62 bits per heavy atom. The fourth-order valence-electron chi connectivity index (χ4n) is 2.36. The SMILES string of the molecule is COC(=O)CN[C@@H](Cc1ccc(OCc2ccccc2)cc1)C(=O)OC. The quantitative estimate of drug-likeness (QED) is 0.693. The lowest BCUT2D eigenvalue weighted by molar-refractivity contribution is -0.144. The van der Waals surface area contributed by atoms with E-state index in [1.807, 2.05) is 54.6 Å². The van der Waals surface area contributed by atoms with Crippen molar-refractivity contribution in [3.05, 3.63) is 65.7 Å². The average Bonchev–Trinajstić information content (AvgIpc) is 2.70. The van der Waals surface area contributed by atoms with Crippen LogP contribution in [-0.4, -0.2) is 38.7 Å². The number of carbonyl (C=O) groups is 2. The Morgan fingerprint density at radius 3 is 2.23 bits per heavy atom. The van der Waals surface area contributed by atoms with Gasteiger partial charge in [-0.3, -0.25) is 14.9 Å². The Labute approximate surface area is 153 Å². The number of ether oxygens (including phenoxy) is 3. The highest BCUT2D eigenvalue weighted by Gasteiger charge is 2.20. The predicted molar refractivity (Wildman–Crippen MR) is 96.7 cm³/mol. The van der Waals surface area contributed by atoms with Crippen molar-refractivity contribution >= 4 is 11.9 Å². The first kappa shape index (κ1) is 19.5. The Morgan fingerprint density at radius 1 is 0.923 bits per heavy atom. The first-order chi connectivity index (χ1) is 12.6. The molecule has 0 fully saturated rings. The van der Waals surface area contributed by atoms with Crippen molar-refractivity contribution in [3.63, 3.8) is 0 Å². The van der Waals surface area contributed by atoms with Gasteiger partial charge < -0.3 is 14.2 Å². The summed E-state index contributed by atoms with van der Waals surface area (Å²) >= 11 is 0. The molecule has 0 saturated heterocycles. The van der Waals surface area contributed by atoms with Gasteiger partial charge in [0.05, 0.1) is 20.8 Å². The molecule has 0 aliphatic carbocycles. The third-order valence-electron chi connectivity index (χ3n) is 3.82. The van der Waals surface area contributed by atoms with E-state index < -0.39 is 18.0 Å². The molecule has 6 heteroatoms. The summed E-state index contributed by atoms with van der Waals surface area (Å²) in [6.07, 6.45) is 0.392. The predicted octanol–water partition coefficient (Wildman–Crippen LogP) is 2.11. The number of hydrogen-bond donors (Lipinski definition) is 1. The minimum atomic E-state index is -0.629. The molecular weight excluding hydrogens is 334 g/mol. The number of hydrogen-bond acceptors (Lipinski definition) is 6. The molecular formula is C20H23NO5. The van der Waals surface area contributed by atoms with Crippen molar-refractivity contribution in [2.24, 2.45) is 0 Å². The van der Waals surface area contributed by atoms with Gasteiger partial charge >= 0.3 is 11.9 Å². The van der Waals surface area contributed by atoms with Crippen LogP contribution in [0.3, 0.4) is 0 Å². The molecule has 0 bridgehead atoms. The van der Waals surface area contributed by atoms with Gasteiger partial charge in [-0.05, 0) is 29.7 Å². The van der Waals surface area contributed by atoms with Crippen molar-refractivity contribution in [2.45, 2.75) is 19.1 Å². The second-order valence-electron chi connectivity index (χ2n) is 5.66. The first-order valence-electron chi connectivity index (χ1n) is 8.26. The number of methoxy groups -OCH3 is 2. The van der Waals surface area contributed by atoms with Crippen LogP contribution < -0.4 is 10.1 Å². The summed E-state index contributed by atoms with van der Waals surface area (Å²) in [4.78, 5) is 23.1. The van der Waals surface area contributed by atoms with Crippen LogP contribution in [0, 0.1) is 0 Å². The summed E-state index contributed by atoms with van der Waals surface area (Å²) in [6.45, 7) is 0.431. The zero-order valence-corrected chi connectivity index (χ0v) is 14.9. The maximum absolute atomic E-state index is 11.9. The molecule has 0 aromatic heterocycles. The molecule has 2 aromatic carbocycles. The summed E-state index contributed by atoms with van der Waals surface area (Å²) in [7, 11) is 2.61. The maximum atomic E-state index is 11.9. The molecule has 0 unspecified atom stereocenters. The maximum Gasteiger partial charge on any atom is 0.323 e. The Kier molecular flexibility index (Phi) is 7.64. The van der Waals surface area contributed by atoms with E-state index in [0.717, 1.165) is 16.9 Å². The number of carbonyl (C=O) groups excluding carboxylic acids is 2. The summed E-state index contributed by atoms with van der Waals surface area (Å²) in [5.41, 5.74) is 2.01. The van der Waals surface area contributed by atoms with Crippen LogP contribution in [0.4, 0.5) is 0 Å². The Bertz CT molecular complexity index is 700. The molecule has 1 N–H and O–H groups in total. The van der Waals surface area contributed by atoms with Crippen molar-refractivity contribution < 1.29 is 23.8 Å². The molecule has 138 valence electrons. The van der Waals surface area contributed by atoms with E-state index in [-0.39, 0.29) is 6.54 Å². The lowest BCUT2D eigenvalue weighted by atomic mass is 10.1. The molecule has 0 heterocycles. The second kappa shape index (κ2) is 10.2. The molecule has 0 spiro atoms. The zero-order valence-electron chi connectivity index (χ0n) is 14.9. The third-order valence-corrected chi connectivity index (χ3v) is 3.82. The fourth-order valence-corrected chi connectivity index (χ4v) is 2.36. The normalized spacial score (nSPS) is 11.5.